The Balaban J connectivity index is 1.94. The highest BCUT2D eigenvalue weighted by molar-refractivity contribution is 7.09. The first kappa shape index (κ1) is 17.3. The Labute approximate surface area is 151 Å². The number of rotatable bonds is 6. The lowest BCUT2D eigenvalue weighted by Crippen LogP contribution is -2.06. The molecule has 1 heterocycles. The second-order valence-electron chi connectivity index (χ2n) is 6.13. The lowest BCUT2D eigenvalue weighted by Gasteiger charge is -2.16. The van der Waals surface area contributed by atoms with Gasteiger partial charge in [-0.15, -0.1) is 11.3 Å². The van der Waals surface area contributed by atoms with E-state index in [1.54, 1.807) is 23.5 Å². The smallest absolute Gasteiger partial charge is 0.258 e. The van der Waals surface area contributed by atoms with Crippen LogP contribution in [0.15, 0.2) is 53.9 Å². The van der Waals surface area contributed by atoms with Crippen molar-refractivity contribution in [2.75, 3.05) is 0 Å². The van der Waals surface area contributed by atoms with Crippen LogP contribution in [0.2, 0.25) is 0 Å². The zero-order chi connectivity index (χ0) is 17.8. The molecule has 0 saturated carbocycles. The molecule has 0 fully saturated rings. The minimum absolute atomic E-state index is 0.123. The van der Waals surface area contributed by atoms with Gasteiger partial charge in [0.1, 0.15) is 5.01 Å². The monoisotopic (exact) mass is 352 g/mol. The number of aryl methyl sites for hydroxylation is 2. The van der Waals surface area contributed by atoms with E-state index < -0.39 is 0 Å². The summed E-state index contributed by atoms with van der Waals surface area (Å²) in [5.74, 6) is 0.159. The fraction of sp³-hybridized carbons (Fsp3) is 0.250. The van der Waals surface area contributed by atoms with Gasteiger partial charge in [0.2, 0.25) is 0 Å². The number of hydrogen-bond acceptors (Lipinski definition) is 4. The van der Waals surface area contributed by atoms with E-state index in [0.717, 1.165) is 29.1 Å². The van der Waals surface area contributed by atoms with Crippen molar-refractivity contribution < 1.29 is 4.92 Å². The van der Waals surface area contributed by atoms with Crippen LogP contribution in [0.3, 0.4) is 0 Å². The molecule has 0 spiro atoms. The van der Waals surface area contributed by atoms with E-state index in [9.17, 15) is 10.1 Å². The number of thiazole rings is 1. The van der Waals surface area contributed by atoms with Gasteiger partial charge in [-0.2, -0.15) is 0 Å². The van der Waals surface area contributed by atoms with E-state index in [-0.39, 0.29) is 16.5 Å². The van der Waals surface area contributed by atoms with Crippen LogP contribution in [-0.4, -0.2) is 9.91 Å². The summed E-state index contributed by atoms with van der Waals surface area (Å²) >= 11 is 1.69. The van der Waals surface area contributed by atoms with Crippen LogP contribution in [0.25, 0.3) is 0 Å². The van der Waals surface area contributed by atoms with E-state index in [2.05, 4.69) is 43.5 Å². The molecule has 1 atom stereocenters. The Kier molecular flexibility index (Phi) is 5.24. The fourth-order valence-electron chi connectivity index (χ4n) is 2.87. The molecule has 2 aromatic carbocycles. The number of benzene rings is 2. The number of hydrogen-bond donors (Lipinski definition) is 0. The van der Waals surface area contributed by atoms with Crippen molar-refractivity contribution >= 4 is 17.0 Å². The second-order valence-corrected chi connectivity index (χ2v) is 7.01. The maximum Gasteiger partial charge on any atom is 0.269 e. The van der Waals surface area contributed by atoms with Gasteiger partial charge in [0.05, 0.1) is 10.6 Å². The van der Waals surface area contributed by atoms with Gasteiger partial charge in [-0.3, -0.25) is 10.1 Å². The molecule has 0 amide bonds. The first-order chi connectivity index (χ1) is 12.1. The van der Waals surface area contributed by atoms with Crippen molar-refractivity contribution in [3.8, 4) is 0 Å². The molecule has 128 valence electrons. The van der Waals surface area contributed by atoms with Gasteiger partial charge < -0.3 is 0 Å². The maximum atomic E-state index is 10.8. The summed E-state index contributed by atoms with van der Waals surface area (Å²) in [6.07, 6.45) is 1.70. The van der Waals surface area contributed by atoms with Crippen LogP contribution >= 0.6 is 11.3 Å². The number of nitrogens with zero attached hydrogens (tertiary/aromatic N) is 2. The van der Waals surface area contributed by atoms with Crippen molar-refractivity contribution in [3.05, 3.63) is 91.4 Å². The molecule has 0 aliphatic rings. The highest BCUT2D eigenvalue weighted by atomic mass is 32.1. The lowest BCUT2D eigenvalue weighted by molar-refractivity contribution is -0.384. The van der Waals surface area contributed by atoms with Crippen LogP contribution in [0.5, 0.6) is 0 Å². The first-order valence-corrected chi connectivity index (χ1v) is 9.19. The largest absolute Gasteiger partial charge is 0.269 e. The van der Waals surface area contributed by atoms with Crippen LogP contribution in [-0.2, 0) is 12.8 Å². The Bertz CT molecular complexity index is 871. The van der Waals surface area contributed by atoms with Gasteiger partial charge in [-0.1, -0.05) is 48.9 Å². The zero-order valence-electron chi connectivity index (χ0n) is 14.3. The molecule has 0 aliphatic carbocycles. The van der Waals surface area contributed by atoms with Crippen molar-refractivity contribution in [2.24, 2.45) is 0 Å². The minimum atomic E-state index is -0.365. The molecule has 25 heavy (non-hydrogen) atoms. The highest BCUT2D eigenvalue weighted by Crippen LogP contribution is 2.32. The molecule has 5 heteroatoms. The molecule has 0 saturated heterocycles. The minimum Gasteiger partial charge on any atom is -0.258 e. The lowest BCUT2D eigenvalue weighted by atomic mass is 9.91. The van der Waals surface area contributed by atoms with Gasteiger partial charge in [-0.25, -0.2) is 4.98 Å². The van der Waals surface area contributed by atoms with Crippen LogP contribution in [0.4, 0.5) is 5.69 Å². The van der Waals surface area contributed by atoms with Gasteiger partial charge in [-0.05, 0) is 30.9 Å². The topological polar surface area (TPSA) is 56.0 Å². The standard InChI is InChI=1S/C20H20N2O2S/c1-3-17-13-25-20(21-17)19(16-6-4-5-14(2)11-16)12-15-7-9-18(10-8-15)22(23)24/h4-11,13,19H,3,12H2,1-2H3. The quantitative estimate of drug-likeness (QED) is 0.447. The second kappa shape index (κ2) is 7.57. The third kappa shape index (κ3) is 4.12. The predicted octanol–water partition coefficient (Wildman–Crippen LogP) is 5.30. The van der Waals surface area contributed by atoms with E-state index in [4.69, 9.17) is 4.98 Å². The van der Waals surface area contributed by atoms with E-state index in [0.29, 0.717) is 0 Å². The van der Waals surface area contributed by atoms with Crippen molar-refractivity contribution in [1.82, 2.24) is 4.98 Å². The Hall–Kier alpha value is -2.53. The summed E-state index contributed by atoms with van der Waals surface area (Å²) in [6, 6.07) is 15.3. The summed E-state index contributed by atoms with van der Waals surface area (Å²) in [4.78, 5) is 15.3. The van der Waals surface area contributed by atoms with Crippen molar-refractivity contribution in [2.45, 2.75) is 32.6 Å². The summed E-state index contributed by atoms with van der Waals surface area (Å²) < 4.78 is 0. The van der Waals surface area contributed by atoms with Crippen LogP contribution < -0.4 is 0 Å². The van der Waals surface area contributed by atoms with Crippen molar-refractivity contribution in [1.29, 1.82) is 0 Å². The van der Waals surface area contributed by atoms with Gasteiger partial charge >= 0.3 is 0 Å². The Morgan fingerprint density at radius 3 is 2.56 bits per heavy atom. The van der Waals surface area contributed by atoms with Gasteiger partial charge in [0.25, 0.3) is 5.69 Å². The van der Waals surface area contributed by atoms with E-state index in [1.807, 2.05) is 12.1 Å². The zero-order valence-corrected chi connectivity index (χ0v) is 15.1. The van der Waals surface area contributed by atoms with E-state index in [1.165, 1.54) is 11.1 Å². The molecule has 3 aromatic rings. The third-order valence-corrected chi connectivity index (χ3v) is 5.27. The molecule has 0 aliphatic heterocycles. The normalized spacial score (nSPS) is 12.1. The average molecular weight is 352 g/mol. The van der Waals surface area contributed by atoms with Gasteiger partial charge in [0.15, 0.2) is 0 Å². The molecule has 0 N–H and O–H groups in total. The van der Waals surface area contributed by atoms with E-state index >= 15 is 0 Å². The molecule has 1 unspecified atom stereocenters. The summed E-state index contributed by atoms with van der Waals surface area (Å²) in [5.41, 5.74) is 4.76. The predicted molar refractivity (Wildman–Crippen MR) is 101 cm³/mol. The number of non-ortho nitro benzene ring substituents is 1. The molecule has 0 bridgehead atoms. The molecule has 1 aromatic heterocycles. The van der Waals surface area contributed by atoms with Crippen LogP contribution in [0.1, 0.15) is 40.2 Å². The Morgan fingerprint density at radius 1 is 1.20 bits per heavy atom. The first-order valence-electron chi connectivity index (χ1n) is 8.31. The van der Waals surface area contributed by atoms with Crippen molar-refractivity contribution in [3.63, 3.8) is 0 Å². The third-order valence-electron chi connectivity index (χ3n) is 4.26. The fourth-order valence-corrected chi connectivity index (χ4v) is 3.90. The maximum absolute atomic E-state index is 10.8. The van der Waals surface area contributed by atoms with Crippen LogP contribution in [0, 0.1) is 17.0 Å². The molecule has 0 radical (unpaired) electrons. The highest BCUT2D eigenvalue weighted by Gasteiger charge is 2.19. The summed E-state index contributed by atoms with van der Waals surface area (Å²) in [6.45, 7) is 4.20. The summed E-state index contributed by atoms with van der Waals surface area (Å²) in [7, 11) is 0. The number of aromatic nitrogens is 1. The number of nitro benzene ring substituents is 1. The molecular formula is C20H20N2O2S. The molecule has 3 rings (SSSR count). The molecular weight excluding hydrogens is 332 g/mol. The Morgan fingerprint density at radius 2 is 1.96 bits per heavy atom. The average Bonchev–Trinajstić information content (AvgIpc) is 3.09. The number of nitro groups is 1. The SMILES string of the molecule is CCc1csc(C(Cc2ccc([N+](=O)[O-])cc2)c2cccc(C)c2)n1. The summed E-state index contributed by atoms with van der Waals surface area (Å²) in [5, 5.41) is 14.1. The van der Waals surface area contributed by atoms with Gasteiger partial charge in [0, 0.05) is 23.4 Å². The molecule has 4 nitrogen and oxygen atoms in total.